The number of rotatable bonds is 0. The molecule has 18 heteroatoms. The lowest BCUT2D eigenvalue weighted by atomic mass is 9.94. The van der Waals surface area contributed by atoms with Crippen LogP contribution in [0.15, 0.2) is 0 Å². The fourth-order valence-electron chi connectivity index (χ4n) is 3.03. The number of nitrogens with zero attached hydrogens (tertiary/aromatic N) is 6. The molecule has 0 bridgehead atoms. The molecule has 0 spiro atoms. The van der Waals surface area contributed by atoms with Crippen molar-refractivity contribution in [1.29, 1.82) is 21.0 Å². The Morgan fingerprint density at radius 1 is 0.472 bits per heavy atom. The minimum Gasteiger partial charge on any atom is -0.232 e. The summed E-state index contributed by atoms with van der Waals surface area (Å²) in [6.07, 6.45) is -25.9. The van der Waals surface area contributed by atoms with E-state index in [9.17, 15) is 63.2 Å². The normalized spacial score (nSPS) is 12.3. The summed E-state index contributed by atoms with van der Waals surface area (Å²) in [7, 11) is 0. The second kappa shape index (κ2) is 8.57. The van der Waals surface area contributed by atoms with Crippen molar-refractivity contribution in [2.75, 3.05) is 0 Å². The van der Waals surface area contributed by atoms with Crippen LogP contribution < -0.4 is 10.4 Å². The van der Waals surface area contributed by atoms with Gasteiger partial charge in [0.15, 0.2) is 11.4 Å². The molecule has 1 heterocycles. The van der Waals surface area contributed by atoms with Crippen molar-refractivity contribution in [3.05, 3.63) is 33.0 Å². The molecule has 186 valence electrons. The first-order valence-corrected chi connectivity index (χ1v) is 8.31. The minimum atomic E-state index is -6.46. The zero-order chi connectivity index (χ0) is 28.0. The summed E-state index contributed by atoms with van der Waals surface area (Å²) in [6.45, 7) is 0. The molecule has 0 fully saturated rings. The maximum atomic E-state index is 13.5. The third kappa shape index (κ3) is 4.66. The molecule has 0 atom stereocenters. The van der Waals surface area contributed by atoms with E-state index < -0.39 is 79.8 Å². The van der Waals surface area contributed by atoms with Gasteiger partial charge in [0, 0.05) is 10.4 Å². The second-order valence-electron chi connectivity index (χ2n) is 6.31. The fraction of sp³-hybridized carbons (Fsp3) is 0.222. The van der Waals surface area contributed by atoms with Gasteiger partial charge in [0.05, 0.1) is 11.1 Å². The summed E-state index contributed by atoms with van der Waals surface area (Å²) in [5.41, 5.74) is -18.6. The van der Waals surface area contributed by atoms with Gasteiger partial charge < -0.3 is 0 Å². The summed E-state index contributed by atoms with van der Waals surface area (Å²) in [4.78, 5) is 5.86. The van der Waals surface area contributed by atoms with Crippen molar-refractivity contribution in [2.45, 2.75) is 24.7 Å². The largest absolute Gasteiger partial charge is 0.422 e. The molecule has 0 saturated carbocycles. The van der Waals surface area contributed by atoms with E-state index in [-0.39, 0.29) is 0 Å². The molecule has 1 aromatic carbocycles. The van der Waals surface area contributed by atoms with Crippen molar-refractivity contribution in [1.82, 2.24) is 9.97 Å². The van der Waals surface area contributed by atoms with Crippen molar-refractivity contribution < 1.29 is 52.7 Å². The van der Waals surface area contributed by atoms with Crippen molar-refractivity contribution >= 4 is 22.2 Å². The lowest BCUT2D eigenvalue weighted by Crippen LogP contribution is -2.39. The highest BCUT2D eigenvalue weighted by Gasteiger charge is 2.54. The number of hydrogen-bond donors (Lipinski definition) is 0. The quantitative estimate of drug-likeness (QED) is 0.482. The highest BCUT2D eigenvalue weighted by molar-refractivity contribution is 5.87. The zero-order valence-electron chi connectivity index (χ0n) is 16.2. The molecule has 0 amide bonds. The van der Waals surface area contributed by atoms with E-state index >= 15 is 0 Å². The topological polar surface area (TPSA) is 121 Å². The predicted octanol–water partition coefficient (Wildman–Crippen LogP) is 3.67. The lowest BCUT2D eigenvalue weighted by molar-refractivity contribution is -0.140. The molecule has 1 aromatic heterocycles. The first-order chi connectivity index (χ1) is 16.2. The van der Waals surface area contributed by atoms with Crippen molar-refractivity contribution in [2.24, 2.45) is 0 Å². The highest BCUT2D eigenvalue weighted by atomic mass is 19.4. The van der Waals surface area contributed by atoms with Gasteiger partial charge in [0.2, 0.25) is 0 Å². The van der Waals surface area contributed by atoms with Crippen LogP contribution in [0.4, 0.5) is 52.7 Å². The van der Waals surface area contributed by atoms with Gasteiger partial charge in [-0.2, -0.15) is 73.7 Å². The van der Waals surface area contributed by atoms with Gasteiger partial charge in [0.25, 0.3) is 0 Å². The van der Waals surface area contributed by atoms with E-state index in [1.807, 2.05) is 0 Å². The van der Waals surface area contributed by atoms with Crippen LogP contribution in [-0.2, 0) is 0 Å². The number of benzene rings is 1. The molecule has 0 unspecified atom stereocenters. The smallest absolute Gasteiger partial charge is 0.232 e. The zero-order valence-corrected chi connectivity index (χ0v) is 16.2. The average molecular weight is 528 g/mol. The lowest BCUT2D eigenvalue weighted by Gasteiger charge is -2.19. The molecule has 2 rings (SSSR count). The Kier molecular flexibility index (Phi) is 6.59. The molecule has 0 saturated heterocycles. The molecule has 2 aromatic rings. The Morgan fingerprint density at radius 3 is 0.889 bits per heavy atom. The summed E-state index contributed by atoms with van der Waals surface area (Å²) >= 11 is 0. The van der Waals surface area contributed by atoms with Gasteiger partial charge in [0.1, 0.15) is 46.5 Å². The number of aromatic nitrogens is 2. The number of halogens is 12. The maximum absolute atomic E-state index is 13.5. The Labute approximate surface area is 188 Å². The van der Waals surface area contributed by atoms with Gasteiger partial charge in [-0.05, 0) is 0 Å². The van der Waals surface area contributed by atoms with Gasteiger partial charge in [-0.1, -0.05) is 0 Å². The molecule has 6 nitrogen and oxygen atoms in total. The third-order valence-corrected chi connectivity index (χ3v) is 4.19. The van der Waals surface area contributed by atoms with Crippen molar-refractivity contribution in [3.8, 4) is 24.3 Å². The van der Waals surface area contributed by atoms with Gasteiger partial charge in [-0.15, -0.1) is 0 Å². The van der Waals surface area contributed by atoms with Crippen LogP contribution in [-0.4, -0.2) is 34.7 Å². The second-order valence-corrected chi connectivity index (χ2v) is 6.31. The summed E-state index contributed by atoms with van der Waals surface area (Å²) < 4.78 is 162. The van der Waals surface area contributed by atoms with Crippen LogP contribution >= 0.6 is 0 Å². The molecular weight excluding hydrogens is 528 g/mol. The average Bonchev–Trinajstić information content (AvgIpc) is 2.69. The van der Waals surface area contributed by atoms with Crippen LogP contribution in [0.3, 0.4) is 0 Å². The fourth-order valence-corrected chi connectivity index (χ4v) is 3.03. The predicted molar refractivity (Wildman–Crippen MR) is 88.7 cm³/mol. The number of hydrogen-bond acceptors (Lipinski definition) is 6. The summed E-state index contributed by atoms with van der Waals surface area (Å²) in [6, 6.07) is 3.16. The van der Waals surface area contributed by atoms with E-state index in [0.29, 0.717) is 12.1 Å². The van der Waals surface area contributed by atoms with Crippen LogP contribution in [0, 0.1) is 45.3 Å². The van der Waals surface area contributed by atoms with Crippen LogP contribution in [0.1, 0.15) is 22.5 Å². The molecule has 0 aliphatic carbocycles. The standard InChI is InChI=1S/C18F12N6/c19-15(20,21)13(16(22,23)24)9-5(1-31)6(2-32)10(14(17(25,26)27)18(28,29)30)12-11(9)35-7(3-33)8(4-34)36-12. The number of alkyl halides is 12. The Balaban J connectivity index is 3.86. The highest BCUT2D eigenvalue weighted by Crippen LogP contribution is 2.41. The van der Waals surface area contributed by atoms with Crippen LogP contribution in [0.25, 0.3) is 22.2 Å². The Bertz CT molecular complexity index is 1410. The van der Waals surface area contributed by atoms with E-state index in [1.165, 1.54) is 0 Å². The van der Waals surface area contributed by atoms with Gasteiger partial charge in [-0.3, -0.25) is 0 Å². The monoisotopic (exact) mass is 528 g/mol. The van der Waals surface area contributed by atoms with Gasteiger partial charge >= 0.3 is 24.7 Å². The van der Waals surface area contributed by atoms with E-state index in [4.69, 9.17) is 10.5 Å². The number of nitriles is 4. The van der Waals surface area contributed by atoms with Crippen LogP contribution in [0.5, 0.6) is 0 Å². The Morgan fingerprint density at radius 2 is 0.722 bits per heavy atom. The molecule has 0 N–H and O–H groups in total. The summed E-state index contributed by atoms with van der Waals surface area (Å²) in [5, 5.41) is 31.5. The molecule has 0 radical (unpaired) electrons. The Hall–Kier alpha value is -4.58. The molecular formula is C18F12N6. The summed E-state index contributed by atoms with van der Waals surface area (Å²) in [5.74, 6) is 0. The van der Waals surface area contributed by atoms with Crippen LogP contribution in [0.2, 0.25) is 0 Å². The van der Waals surface area contributed by atoms with Gasteiger partial charge in [-0.25, -0.2) is 9.97 Å². The molecule has 0 aliphatic rings. The molecule has 36 heavy (non-hydrogen) atoms. The molecule has 0 aliphatic heterocycles. The third-order valence-electron chi connectivity index (χ3n) is 4.19. The SMILES string of the molecule is N#Cc1nc2c(=C(C(F)(F)F)C(F)(F)F)c(C#N)c(C#N)c(=C(C(F)(F)F)C(F)(F)F)c2nc1C#N. The first-order valence-electron chi connectivity index (χ1n) is 8.31. The van der Waals surface area contributed by atoms with E-state index in [2.05, 4.69) is 9.97 Å². The van der Waals surface area contributed by atoms with E-state index in [1.54, 1.807) is 0 Å². The van der Waals surface area contributed by atoms with E-state index in [0.717, 1.165) is 12.1 Å². The minimum absolute atomic E-state index is 0.589. The number of fused-ring (bicyclic) bond motifs is 1. The maximum Gasteiger partial charge on any atom is 0.422 e. The first kappa shape index (κ1) is 27.7. The van der Waals surface area contributed by atoms with Crippen molar-refractivity contribution in [3.63, 3.8) is 0 Å².